The summed E-state index contributed by atoms with van der Waals surface area (Å²) < 4.78 is 45.7. The predicted octanol–water partition coefficient (Wildman–Crippen LogP) is 2.90. The Hall–Kier alpha value is -1.60. The molecule has 0 unspecified atom stereocenters. The highest BCUT2D eigenvalue weighted by molar-refractivity contribution is 5.77. The average molecular weight is 345 g/mol. The summed E-state index contributed by atoms with van der Waals surface area (Å²) in [6.45, 7) is 4.16. The van der Waals surface area contributed by atoms with Gasteiger partial charge < -0.3 is 15.2 Å². The maximum atomic E-state index is 13.4. The molecule has 2 N–H and O–H groups in total. The molecule has 0 radical (unpaired) electrons. The number of amides is 1. The maximum Gasteiger partial charge on any atom is 0.421 e. The summed E-state index contributed by atoms with van der Waals surface area (Å²) in [6, 6.07) is 6.39. The normalized spacial score (nSPS) is 23.3. The van der Waals surface area contributed by atoms with Crippen LogP contribution >= 0.6 is 0 Å². The van der Waals surface area contributed by atoms with E-state index in [0.29, 0.717) is 19.4 Å². The van der Waals surface area contributed by atoms with E-state index >= 15 is 0 Å². The van der Waals surface area contributed by atoms with Crippen molar-refractivity contribution in [2.24, 2.45) is 0 Å². The quantitative estimate of drug-likeness (QED) is 0.882. The van der Waals surface area contributed by atoms with Crippen LogP contribution in [0.2, 0.25) is 0 Å². The summed E-state index contributed by atoms with van der Waals surface area (Å²) in [4.78, 5) is 12.1. The molecule has 1 aliphatic heterocycles. The average Bonchev–Trinajstić information content (AvgIpc) is 2.45. The Kier molecular flexibility index (Phi) is 5.25. The Labute approximate surface area is 139 Å². The fourth-order valence-electron chi connectivity index (χ4n) is 2.95. The Morgan fingerprint density at radius 1 is 1.33 bits per heavy atom. The number of carbonyl (C=O) groups is 1. The molecule has 0 spiro atoms. The number of carbonyl (C=O) groups excluding carboxylic acids is 1. The van der Waals surface area contributed by atoms with Gasteiger partial charge in [-0.3, -0.25) is 4.79 Å². The Balaban J connectivity index is 2.11. The van der Waals surface area contributed by atoms with Gasteiger partial charge in [-0.25, -0.2) is 0 Å². The van der Waals surface area contributed by atoms with Gasteiger partial charge in [0.15, 0.2) is 5.60 Å². The summed E-state index contributed by atoms with van der Waals surface area (Å²) in [5, 5.41) is 12.8. The molecule has 1 saturated heterocycles. The van der Waals surface area contributed by atoms with Crippen molar-refractivity contribution in [2.75, 3.05) is 6.61 Å². The first-order valence-electron chi connectivity index (χ1n) is 7.81. The number of hydrogen-bond acceptors (Lipinski definition) is 3. The Morgan fingerprint density at radius 3 is 2.50 bits per heavy atom. The lowest BCUT2D eigenvalue weighted by Gasteiger charge is -2.36. The standard InChI is InChI=1S/C17H22F3NO3/c1-15(2)10-13(8-9-24-15)21-14(22)11-16(23,17(18,19)20)12-6-4-3-5-7-12/h3-7,13,23H,8-11H2,1-2H3,(H,21,22)/t13-,16+/m1/s1. The van der Waals surface area contributed by atoms with Crippen molar-refractivity contribution >= 4 is 5.91 Å². The van der Waals surface area contributed by atoms with Gasteiger partial charge in [-0.05, 0) is 32.3 Å². The van der Waals surface area contributed by atoms with E-state index in [9.17, 15) is 23.1 Å². The van der Waals surface area contributed by atoms with Gasteiger partial charge in [0, 0.05) is 12.6 Å². The molecule has 4 nitrogen and oxygen atoms in total. The van der Waals surface area contributed by atoms with Gasteiger partial charge in [0.25, 0.3) is 0 Å². The predicted molar refractivity (Wildman–Crippen MR) is 82.2 cm³/mol. The number of hydrogen-bond donors (Lipinski definition) is 2. The van der Waals surface area contributed by atoms with E-state index in [2.05, 4.69) is 5.32 Å². The van der Waals surface area contributed by atoms with Crippen molar-refractivity contribution in [3.8, 4) is 0 Å². The van der Waals surface area contributed by atoms with Gasteiger partial charge in [-0.1, -0.05) is 30.3 Å². The first-order chi connectivity index (χ1) is 11.0. The minimum atomic E-state index is -4.96. The molecular formula is C17H22F3NO3. The topological polar surface area (TPSA) is 58.6 Å². The SMILES string of the molecule is CC1(C)C[C@H](NC(=O)C[C@](O)(c2ccccc2)C(F)(F)F)CCO1. The summed E-state index contributed by atoms with van der Waals surface area (Å²) in [5.41, 5.74) is -3.99. The zero-order chi connectivity index (χ0) is 18.0. The molecule has 2 rings (SSSR count). The second kappa shape index (κ2) is 6.72. The third-order valence-corrected chi connectivity index (χ3v) is 4.20. The monoisotopic (exact) mass is 345 g/mol. The van der Waals surface area contributed by atoms with Crippen molar-refractivity contribution in [3.63, 3.8) is 0 Å². The lowest BCUT2D eigenvalue weighted by molar-refractivity contribution is -0.267. The van der Waals surface area contributed by atoms with Crippen molar-refractivity contribution in [1.29, 1.82) is 0 Å². The molecule has 1 aliphatic rings. The molecule has 0 bridgehead atoms. The van der Waals surface area contributed by atoms with Crippen LogP contribution in [-0.4, -0.2) is 35.4 Å². The molecule has 7 heteroatoms. The second-order valence-electron chi connectivity index (χ2n) is 6.77. The van der Waals surface area contributed by atoms with Crippen LogP contribution < -0.4 is 5.32 Å². The lowest BCUT2D eigenvalue weighted by Crippen LogP contribution is -2.50. The smallest absolute Gasteiger partial charge is 0.376 e. The van der Waals surface area contributed by atoms with Gasteiger partial charge in [-0.15, -0.1) is 0 Å². The van der Waals surface area contributed by atoms with E-state index in [-0.39, 0.29) is 11.6 Å². The van der Waals surface area contributed by atoms with Crippen molar-refractivity contribution < 1.29 is 27.8 Å². The summed E-state index contributed by atoms with van der Waals surface area (Å²) in [5.74, 6) is -0.832. The molecular weight excluding hydrogens is 323 g/mol. The third-order valence-electron chi connectivity index (χ3n) is 4.20. The summed E-state index contributed by atoms with van der Waals surface area (Å²) in [6.07, 6.45) is -4.99. The second-order valence-corrected chi connectivity index (χ2v) is 6.77. The van der Waals surface area contributed by atoms with Gasteiger partial charge >= 0.3 is 6.18 Å². The number of aliphatic hydroxyl groups is 1. The fraction of sp³-hybridized carbons (Fsp3) is 0.588. The van der Waals surface area contributed by atoms with Gasteiger partial charge in [-0.2, -0.15) is 13.2 Å². The molecule has 0 saturated carbocycles. The highest BCUT2D eigenvalue weighted by Gasteiger charge is 2.56. The molecule has 1 aromatic rings. The number of benzene rings is 1. The molecule has 0 aliphatic carbocycles. The number of halogens is 3. The molecule has 1 fully saturated rings. The van der Waals surface area contributed by atoms with E-state index < -0.39 is 29.7 Å². The van der Waals surface area contributed by atoms with Crippen LogP contribution in [-0.2, 0) is 15.1 Å². The lowest BCUT2D eigenvalue weighted by atomic mass is 9.88. The molecule has 1 aromatic carbocycles. The molecule has 1 amide bonds. The maximum absolute atomic E-state index is 13.4. The van der Waals surface area contributed by atoms with Crippen LogP contribution in [0, 0.1) is 0 Å². The number of ether oxygens (including phenoxy) is 1. The number of rotatable bonds is 4. The van der Waals surface area contributed by atoms with E-state index in [0.717, 1.165) is 0 Å². The first kappa shape index (κ1) is 18.7. The van der Waals surface area contributed by atoms with E-state index in [4.69, 9.17) is 4.74 Å². The van der Waals surface area contributed by atoms with E-state index in [1.54, 1.807) is 6.07 Å². The zero-order valence-electron chi connectivity index (χ0n) is 13.7. The van der Waals surface area contributed by atoms with Crippen LogP contribution in [0.4, 0.5) is 13.2 Å². The van der Waals surface area contributed by atoms with E-state index in [1.807, 2.05) is 13.8 Å². The van der Waals surface area contributed by atoms with Gasteiger partial charge in [0.2, 0.25) is 5.91 Å². The molecule has 24 heavy (non-hydrogen) atoms. The van der Waals surface area contributed by atoms with Crippen molar-refractivity contribution in [2.45, 2.75) is 56.5 Å². The van der Waals surface area contributed by atoms with Gasteiger partial charge in [0.05, 0.1) is 12.0 Å². The third kappa shape index (κ3) is 4.27. The van der Waals surface area contributed by atoms with Crippen LogP contribution in [0.15, 0.2) is 30.3 Å². The zero-order valence-corrected chi connectivity index (χ0v) is 13.7. The molecule has 134 valence electrons. The van der Waals surface area contributed by atoms with Crippen molar-refractivity contribution in [3.05, 3.63) is 35.9 Å². The summed E-state index contributed by atoms with van der Waals surface area (Å²) in [7, 11) is 0. The molecule has 1 heterocycles. The Bertz CT molecular complexity index is 574. The number of nitrogens with one attached hydrogen (secondary N) is 1. The van der Waals surface area contributed by atoms with Crippen molar-refractivity contribution in [1.82, 2.24) is 5.32 Å². The highest BCUT2D eigenvalue weighted by atomic mass is 19.4. The number of alkyl halides is 3. The van der Waals surface area contributed by atoms with Crippen LogP contribution in [0.5, 0.6) is 0 Å². The highest BCUT2D eigenvalue weighted by Crippen LogP contribution is 2.41. The van der Waals surface area contributed by atoms with Crippen LogP contribution in [0.1, 0.15) is 38.7 Å². The minimum Gasteiger partial charge on any atom is -0.376 e. The van der Waals surface area contributed by atoms with Crippen LogP contribution in [0.3, 0.4) is 0 Å². The first-order valence-corrected chi connectivity index (χ1v) is 7.81. The minimum absolute atomic E-state index is 0.269. The largest absolute Gasteiger partial charge is 0.421 e. The fourth-order valence-corrected chi connectivity index (χ4v) is 2.95. The summed E-state index contributed by atoms with van der Waals surface area (Å²) >= 11 is 0. The van der Waals surface area contributed by atoms with Crippen LogP contribution in [0.25, 0.3) is 0 Å². The van der Waals surface area contributed by atoms with E-state index in [1.165, 1.54) is 24.3 Å². The van der Waals surface area contributed by atoms with Gasteiger partial charge in [0.1, 0.15) is 0 Å². The Morgan fingerprint density at radius 2 is 1.96 bits per heavy atom. The molecule has 2 atom stereocenters. The molecule has 0 aromatic heterocycles.